The Kier molecular flexibility index (Phi) is 3.79. The van der Waals surface area contributed by atoms with Crippen molar-refractivity contribution in [1.29, 1.82) is 0 Å². The van der Waals surface area contributed by atoms with Gasteiger partial charge in [0.15, 0.2) is 0 Å². The molecule has 108 valence electrons. The minimum atomic E-state index is 0.0714. The van der Waals surface area contributed by atoms with Gasteiger partial charge in [-0.15, -0.1) is 0 Å². The van der Waals surface area contributed by atoms with Gasteiger partial charge in [-0.3, -0.25) is 4.79 Å². The van der Waals surface area contributed by atoms with Crippen LogP contribution < -0.4 is 5.32 Å². The Bertz CT molecular complexity index is 494. The molecule has 1 fully saturated rings. The topological polar surface area (TPSA) is 32.3 Å². The van der Waals surface area contributed by atoms with Crippen LogP contribution >= 0.6 is 0 Å². The number of piperidine rings is 1. The largest absolute Gasteiger partial charge is 0.351 e. The van der Waals surface area contributed by atoms with Crippen LogP contribution in [0, 0.1) is 0 Å². The molecule has 0 saturated carbocycles. The van der Waals surface area contributed by atoms with Gasteiger partial charge in [0, 0.05) is 17.5 Å². The highest BCUT2D eigenvalue weighted by atomic mass is 16.1. The normalized spacial score (nSPS) is 26.9. The summed E-state index contributed by atoms with van der Waals surface area (Å²) in [4.78, 5) is 14.5. The summed E-state index contributed by atoms with van der Waals surface area (Å²) in [5.74, 6) is 0.0797. The summed E-state index contributed by atoms with van der Waals surface area (Å²) < 4.78 is 0. The van der Waals surface area contributed by atoms with Gasteiger partial charge in [-0.25, -0.2) is 0 Å². The number of nitrogens with one attached hydrogen (secondary N) is 1. The molecule has 1 atom stereocenters. The van der Waals surface area contributed by atoms with Gasteiger partial charge >= 0.3 is 0 Å². The second-order valence-corrected chi connectivity index (χ2v) is 6.44. The number of hydrogen-bond donors (Lipinski definition) is 1. The van der Waals surface area contributed by atoms with Crippen LogP contribution in [-0.2, 0) is 5.41 Å². The van der Waals surface area contributed by atoms with Crippen LogP contribution in [0.25, 0.3) is 0 Å². The fraction of sp³-hybridized carbons (Fsp3) is 0.588. The lowest BCUT2D eigenvalue weighted by molar-refractivity contribution is 0.0920. The van der Waals surface area contributed by atoms with Crippen molar-refractivity contribution in [2.45, 2.75) is 38.0 Å². The van der Waals surface area contributed by atoms with E-state index in [9.17, 15) is 4.79 Å². The third kappa shape index (κ3) is 2.59. The molecule has 1 unspecified atom stereocenters. The SMILES string of the molecule is CC1(CCN2CCCCC2)CNC(=O)c2ccccc21. The summed E-state index contributed by atoms with van der Waals surface area (Å²) in [5.41, 5.74) is 2.16. The maximum absolute atomic E-state index is 12.0. The predicted molar refractivity (Wildman–Crippen MR) is 81.0 cm³/mol. The minimum Gasteiger partial charge on any atom is -0.351 e. The number of hydrogen-bond acceptors (Lipinski definition) is 2. The highest BCUT2D eigenvalue weighted by Crippen LogP contribution is 2.33. The van der Waals surface area contributed by atoms with E-state index in [1.54, 1.807) is 0 Å². The molecule has 1 amide bonds. The van der Waals surface area contributed by atoms with Gasteiger partial charge in [0.05, 0.1) is 0 Å². The van der Waals surface area contributed by atoms with Gasteiger partial charge in [0.1, 0.15) is 0 Å². The molecule has 3 rings (SSSR count). The van der Waals surface area contributed by atoms with Gasteiger partial charge in [0.2, 0.25) is 0 Å². The Morgan fingerprint density at radius 2 is 1.95 bits per heavy atom. The van der Waals surface area contributed by atoms with Gasteiger partial charge in [-0.2, -0.15) is 0 Å². The van der Waals surface area contributed by atoms with Crippen molar-refractivity contribution in [3.05, 3.63) is 35.4 Å². The van der Waals surface area contributed by atoms with Gasteiger partial charge in [0.25, 0.3) is 5.91 Å². The van der Waals surface area contributed by atoms with Crippen LogP contribution in [0.3, 0.4) is 0 Å². The van der Waals surface area contributed by atoms with Crippen LogP contribution in [0.4, 0.5) is 0 Å². The standard InChI is InChI=1S/C17H24N2O/c1-17(9-12-19-10-5-2-6-11-19)13-18-16(20)14-7-3-4-8-15(14)17/h3-4,7-8H,2,5-6,9-13H2,1H3,(H,18,20). The highest BCUT2D eigenvalue weighted by molar-refractivity contribution is 5.97. The number of carbonyl (C=O) groups excluding carboxylic acids is 1. The molecule has 0 radical (unpaired) electrons. The van der Waals surface area contributed by atoms with Gasteiger partial charge in [-0.1, -0.05) is 31.5 Å². The molecule has 3 heteroatoms. The highest BCUT2D eigenvalue weighted by Gasteiger charge is 2.35. The Morgan fingerprint density at radius 3 is 2.75 bits per heavy atom. The van der Waals surface area contributed by atoms with E-state index >= 15 is 0 Å². The lowest BCUT2D eigenvalue weighted by Gasteiger charge is -2.38. The van der Waals surface area contributed by atoms with Crippen LogP contribution in [0.1, 0.15) is 48.5 Å². The van der Waals surface area contributed by atoms with E-state index in [-0.39, 0.29) is 11.3 Å². The van der Waals surface area contributed by atoms with Crippen molar-refractivity contribution >= 4 is 5.91 Å². The second kappa shape index (κ2) is 5.57. The molecule has 1 N–H and O–H groups in total. The van der Waals surface area contributed by atoms with Crippen molar-refractivity contribution in [1.82, 2.24) is 10.2 Å². The Hall–Kier alpha value is -1.35. The third-order valence-electron chi connectivity index (χ3n) is 4.89. The first-order valence-electron chi connectivity index (χ1n) is 7.79. The summed E-state index contributed by atoms with van der Waals surface area (Å²) in [6.07, 6.45) is 5.17. The predicted octanol–water partition coefficient (Wildman–Crippen LogP) is 2.56. The molecule has 2 aliphatic rings. The number of benzene rings is 1. The van der Waals surface area contributed by atoms with Crippen molar-refractivity contribution < 1.29 is 4.79 Å². The number of likely N-dealkylation sites (tertiary alicyclic amines) is 1. The molecule has 0 bridgehead atoms. The summed E-state index contributed by atoms with van der Waals surface area (Å²) in [6.45, 7) is 6.67. The summed E-state index contributed by atoms with van der Waals surface area (Å²) in [7, 11) is 0. The van der Waals surface area contributed by atoms with Crippen molar-refractivity contribution in [3.63, 3.8) is 0 Å². The number of fused-ring (bicyclic) bond motifs is 1. The molecule has 2 aliphatic heterocycles. The summed E-state index contributed by atoms with van der Waals surface area (Å²) in [6, 6.07) is 8.08. The van der Waals surface area contributed by atoms with E-state index in [0.29, 0.717) is 0 Å². The maximum atomic E-state index is 12.0. The zero-order valence-corrected chi connectivity index (χ0v) is 12.3. The van der Waals surface area contributed by atoms with Crippen molar-refractivity contribution in [2.24, 2.45) is 0 Å². The number of amides is 1. The third-order valence-corrected chi connectivity index (χ3v) is 4.89. The zero-order valence-electron chi connectivity index (χ0n) is 12.3. The molecule has 1 aromatic carbocycles. The van der Waals surface area contributed by atoms with E-state index < -0.39 is 0 Å². The van der Waals surface area contributed by atoms with Gasteiger partial charge in [-0.05, 0) is 50.5 Å². The fourth-order valence-corrected chi connectivity index (χ4v) is 3.48. The molecule has 20 heavy (non-hydrogen) atoms. The summed E-state index contributed by atoms with van der Waals surface area (Å²) in [5, 5.41) is 3.06. The molecular formula is C17H24N2O. The second-order valence-electron chi connectivity index (χ2n) is 6.44. The summed E-state index contributed by atoms with van der Waals surface area (Å²) >= 11 is 0. The van der Waals surface area contributed by atoms with E-state index in [1.165, 1.54) is 37.9 Å². The lowest BCUT2D eigenvalue weighted by Crippen LogP contribution is -2.47. The molecule has 0 aromatic heterocycles. The van der Waals surface area contributed by atoms with E-state index in [4.69, 9.17) is 0 Å². The van der Waals surface area contributed by atoms with Gasteiger partial charge < -0.3 is 10.2 Å². The average Bonchev–Trinajstić information content (AvgIpc) is 2.51. The quantitative estimate of drug-likeness (QED) is 0.917. The Morgan fingerprint density at radius 1 is 1.20 bits per heavy atom. The molecule has 0 aliphatic carbocycles. The molecule has 1 aromatic rings. The average molecular weight is 272 g/mol. The molecule has 2 heterocycles. The molecule has 0 spiro atoms. The van der Waals surface area contributed by atoms with Crippen molar-refractivity contribution in [3.8, 4) is 0 Å². The zero-order chi connectivity index (χ0) is 14.0. The minimum absolute atomic E-state index is 0.0714. The molecular weight excluding hydrogens is 248 g/mol. The van der Waals surface area contributed by atoms with E-state index in [1.807, 2.05) is 12.1 Å². The van der Waals surface area contributed by atoms with Crippen LogP contribution in [-0.4, -0.2) is 37.0 Å². The monoisotopic (exact) mass is 272 g/mol. The van der Waals surface area contributed by atoms with Crippen LogP contribution in [0.15, 0.2) is 24.3 Å². The Labute approximate surface area is 121 Å². The van der Waals surface area contributed by atoms with Crippen molar-refractivity contribution in [2.75, 3.05) is 26.2 Å². The van der Waals surface area contributed by atoms with E-state index in [0.717, 1.165) is 25.1 Å². The molecule has 1 saturated heterocycles. The van der Waals surface area contributed by atoms with Crippen LogP contribution in [0.2, 0.25) is 0 Å². The number of nitrogens with zero attached hydrogens (tertiary/aromatic N) is 1. The fourth-order valence-electron chi connectivity index (χ4n) is 3.48. The first-order chi connectivity index (χ1) is 9.69. The first-order valence-corrected chi connectivity index (χ1v) is 7.79. The number of rotatable bonds is 3. The lowest BCUT2D eigenvalue weighted by atomic mass is 9.74. The van der Waals surface area contributed by atoms with Crippen LogP contribution in [0.5, 0.6) is 0 Å². The Balaban J connectivity index is 1.74. The smallest absolute Gasteiger partial charge is 0.251 e. The maximum Gasteiger partial charge on any atom is 0.251 e. The number of carbonyl (C=O) groups is 1. The van der Waals surface area contributed by atoms with E-state index in [2.05, 4.69) is 29.3 Å². The molecule has 3 nitrogen and oxygen atoms in total. The first kappa shape index (κ1) is 13.6.